The number of para-hydroxylation sites is 2. The molecule has 3 atom stereocenters. The van der Waals surface area contributed by atoms with Crippen LogP contribution in [0.4, 0.5) is 5.69 Å². The van der Waals surface area contributed by atoms with Crippen molar-refractivity contribution in [3.8, 4) is 5.75 Å². The number of hydrogen-bond donors (Lipinski definition) is 1. The first-order valence-corrected chi connectivity index (χ1v) is 10.8. The van der Waals surface area contributed by atoms with Crippen LogP contribution in [0.5, 0.6) is 5.75 Å². The molecule has 6 rings (SSSR count). The average Bonchev–Trinajstić information content (AvgIpc) is 3.21. The molecule has 1 aromatic heterocycles. The number of hydrogen-bond acceptors (Lipinski definition) is 6. The second-order valence-corrected chi connectivity index (χ2v) is 9.08. The predicted octanol–water partition coefficient (Wildman–Crippen LogP) is 1.60. The fourth-order valence-electron chi connectivity index (χ4n) is 4.95. The van der Waals surface area contributed by atoms with Crippen LogP contribution in [0.1, 0.15) is 31.0 Å². The van der Waals surface area contributed by atoms with Gasteiger partial charge >= 0.3 is 0 Å². The number of amides is 1. The summed E-state index contributed by atoms with van der Waals surface area (Å²) in [4.78, 5) is 44.3. The van der Waals surface area contributed by atoms with E-state index in [2.05, 4.69) is 5.32 Å². The summed E-state index contributed by atoms with van der Waals surface area (Å²) < 4.78 is 8.07. The second kappa shape index (κ2) is 6.01. The normalized spacial score (nSPS) is 26.7. The van der Waals surface area contributed by atoms with E-state index in [1.54, 1.807) is 17.6 Å². The van der Waals surface area contributed by atoms with Gasteiger partial charge in [0.2, 0.25) is 5.72 Å². The van der Waals surface area contributed by atoms with Crippen molar-refractivity contribution in [1.82, 2.24) is 4.57 Å². The zero-order valence-electron chi connectivity index (χ0n) is 16.7. The lowest BCUT2D eigenvalue weighted by atomic mass is 9.79. The number of anilines is 1. The van der Waals surface area contributed by atoms with Crippen LogP contribution in [0.3, 0.4) is 0 Å². The van der Waals surface area contributed by atoms with Gasteiger partial charge in [-0.15, -0.1) is 0 Å². The van der Waals surface area contributed by atoms with Crippen LogP contribution in [0.15, 0.2) is 58.3 Å². The molecule has 0 spiro atoms. The van der Waals surface area contributed by atoms with Crippen molar-refractivity contribution in [3.63, 3.8) is 0 Å². The number of nitrogens with zero attached hydrogens (tertiary/aromatic N) is 2. The largest absolute Gasteiger partial charge is 0.465 e. The van der Waals surface area contributed by atoms with Crippen LogP contribution in [0, 0.1) is 5.92 Å². The third-order valence-electron chi connectivity index (χ3n) is 6.19. The quantitative estimate of drug-likeness (QED) is 0.634. The van der Waals surface area contributed by atoms with Gasteiger partial charge in [0, 0.05) is 16.8 Å². The Morgan fingerprint density at radius 1 is 1.16 bits per heavy atom. The number of carbonyl (C=O) groups is 2. The molecule has 1 amide bonds. The Morgan fingerprint density at radius 3 is 2.71 bits per heavy atom. The molecule has 0 unspecified atom stereocenters. The molecule has 4 heterocycles. The van der Waals surface area contributed by atoms with Gasteiger partial charge in [-0.25, -0.2) is 4.99 Å². The lowest BCUT2D eigenvalue weighted by Gasteiger charge is -2.45. The maximum Gasteiger partial charge on any atom is 0.271 e. The van der Waals surface area contributed by atoms with Crippen molar-refractivity contribution in [2.75, 3.05) is 5.32 Å². The Kier molecular flexibility index (Phi) is 3.54. The van der Waals surface area contributed by atoms with Crippen LogP contribution in [-0.4, -0.2) is 22.0 Å². The van der Waals surface area contributed by atoms with Crippen LogP contribution < -0.4 is 24.9 Å². The van der Waals surface area contributed by atoms with E-state index in [1.807, 2.05) is 42.5 Å². The molecule has 2 bridgehead atoms. The van der Waals surface area contributed by atoms with Gasteiger partial charge in [0.25, 0.3) is 11.5 Å². The Bertz CT molecular complexity index is 1500. The van der Waals surface area contributed by atoms with Crippen LogP contribution in [-0.2, 0) is 9.59 Å². The standard InChI is InChI=1S/C23H17N3O4S/c1-11(27)17-18-13-8-4-6-10-15(13)30-23(17,2)25-22-26(18)21(29)19(31-22)16-12-7-3-5-9-14(12)24-20(16)28/h3-10,17-18H,1-2H3,(H,24,28)/b19-16-/t17-,18-,23-/m1/s1. The van der Waals surface area contributed by atoms with Gasteiger partial charge < -0.3 is 10.1 Å². The maximum absolute atomic E-state index is 13.7. The molecule has 31 heavy (non-hydrogen) atoms. The van der Waals surface area contributed by atoms with Gasteiger partial charge in [0.05, 0.1) is 11.6 Å². The fraction of sp³-hybridized carbons (Fsp3) is 0.217. The topological polar surface area (TPSA) is 89.8 Å². The number of rotatable bonds is 1. The Balaban J connectivity index is 1.73. The predicted molar refractivity (Wildman–Crippen MR) is 115 cm³/mol. The highest BCUT2D eigenvalue weighted by atomic mass is 32.1. The number of Topliss-reactive ketones (excluding diaryl/α,β-unsaturated/α-hetero) is 1. The molecule has 0 aliphatic carbocycles. The van der Waals surface area contributed by atoms with Gasteiger partial charge in [-0.1, -0.05) is 47.7 Å². The SMILES string of the molecule is CC(=O)[C@@H]1[C@H]2c3ccccc3O[C@@]1(C)N=c1s/c(=C3\C(=O)Nc4ccccc43)c(=O)n12. The van der Waals surface area contributed by atoms with E-state index < -0.39 is 17.7 Å². The van der Waals surface area contributed by atoms with Crippen molar-refractivity contribution in [1.29, 1.82) is 0 Å². The van der Waals surface area contributed by atoms with E-state index in [0.29, 0.717) is 31.9 Å². The van der Waals surface area contributed by atoms with E-state index in [1.165, 1.54) is 6.92 Å². The van der Waals surface area contributed by atoms with Crippen molar-refractivity contribution in [3.05, 3.63) is 79.3 Å². The number of thiazole rings is 1. The van der Waals surface area contributed by atoms with Gasteiger partial charge in [0.1, 0.15) is 22.0 Å². The first-order valence-electron chi connectivity index (χ1n) is 9.94. The van der Waals surface area contributed by atoms with Crippen LogP contribution in [0.25, 0.3) is 5.57 Å². The molecule has 0 saturated carbocycles. The summed E-state index contributed by atoms with van der Waals surface area (Å²) in [5.74, 6) is -0.456. The highest BCUT2D eigenvalue weighted by Crippen LogP contribution is 2.47. The smallest absolute Gasteiger partial charge is 0.271 e. The summed E-state index contributed by atoms with van der Waals surface area (Å²) in [5, 5.41) is 2.82. The Labute approximate surface area is 180 Å². The monoisotopic (exact) mass is 431 g/mol. The summed E-state index contributed by atoms with van der Waals surface area (Å²) in [5.41, 5.74) is 1.04. The van der Waals surface area contributed by atoms with Gasteiger partial charge in [-0.05, 0) is 26.0 Å². The molecule has 3 aromatic rings. The third-order valence-corrected chi connectivity index (χ3v) is 7.25. The summed E-state index contributed by atoms with van der Waals surface area (Å²) in [6.45, 7) is 3.28. The summed E-state index contributed by atoms with van der Waals surface area (Å²) in [7, 11) is 0. The molecule has 2 aromatic carbocycles. The van der Waals surface area contributed by atoms with Crippen LogP contribution >= 0.6 is 11.3 Å². The molecule has 1 N–H and O–H groups in total. The molecular weight excluding hydrogens is 414 g/mol. The summed E-state index contributed by atoms with van der Waals surface area (Å²) in [6, 6.07) is 14.2. The molecule has 7 nitrogen and oxygen atoms in total. The highest BCUT2D eigenvalue weighted by molar-refractivity contribution is 7.07. The van der Waals surface area contributed by atoms with E-state index >= 15 is 0 Å². The Morgan fingerprint density at radius 2 is 1.90 bits per heavy atom. The minimum Gasteiger partial charge on any atom is -0.465 e. The number of fused-ring (bicyclic) bond motifs is 7. The summed E-state index contributed by atoms with van der Waals surface area (Å²) >= 11 is 1.16. The van der Waals surface area contributed by atoms with E-state index in [-0.39, 0.29) is 17.2 Å². The lowest BCUT2D eigenvalue weighted by Crippen LogP contribution is -2.58. The van der Waals surface area contributed by atoms with E-state index in [0.717, 1.165) is 16.9 Å². The first kappa shape index (κ1) is 18.3. The minimum atomic E-state index is -1.13. The first-order chi connectivity index (χ1) is 14.9. The molecule has 8 heteroatoms. The zero-order chi connectivity index (χ0) is 21.5. The molecule has 0 radical (unpaired) electrons. The van der Waals surface area contributed by atoms with Crippen LogP contribution in [0.2, 0.25) is 0 Å². The number of benzene rings is 2. The molecular formula is C23H17N3O4S. The maximum atomic E-state index is 13.7. The van der Waals surface area contributed by atoms with E-state index in [4.69, 9.17) is 9.73 Å². The van der Waals surface area contributed by atoms with Crippen molar-refractivity contribution < 1.29 is 14.3 Å². The number of aromatic nitrogens is 1. The zero-order valence-corrected chi connectivity index (χ0v) is 17.5. The average molecular weight is 431 g/mol. The molecule has 0 fully saturated rings. The van der Waals surface area contributed by atoms with Crippen molar-refractivity contribution in [2.45, 2.75) is 25.6 Å². The lowest BCUT2D eigenvalue weighted by molar-refractivity contribution is -0.132. The third kappa shape index (κ3) is 2.33. The second-order valence-electron chi connectivity index (χ2n) is 8.10. The fourth-order valence-corrected chi connectivity index (χ4v) is 6.14. The van der Waals surface area contributed by atoms with E-state index in [9.17, 15) is 14.4 Å². The van der Waals surface area contributed by atoms with Gasteiger partial charge in [0.15, 0.2) is 4.80 Å². The number of ketones is 1. The Hall–Kier alpha value is -3.52. The summed E-state index contributed by atoms with van der Waals surface area (Å²) in [6.07, 6.45) is 0. The molecule has 3 aliphatic heterocycles. The highest BCUT2D eigenvalue weighted by Gasteiger charge is 2.53. The minimum absolute atomic E-state index is 0.104. The molecule has 0 saturated heterocycles. The number of nitrogens with one attached hydrogen (secondary N) is 1. The number of ether oxygens (including phenoxy) is 1. The molecule has 154 valence electrons. The van der Waals surface area contributed by atoms with Crippen molar-refractivity contribution in [2.24, 2.45) is 10.9 Å². The number of carbonyl (C=O) groups excluding carboxylic acids is 2. The van der Waals surface area contributed by atoms with Crippen molar-refractivity contribution >= 4 is 34.3 Å². The molecule has 3 aliphatic rings. The van der Waals surface area contributed by atoms with Gasteiger partial charge in [-0.3, -0.25) is 19.0 Å². The van der Waals surface area contributed by atoms with Gasteiger partial charge in [-0.2, -0.15) is 0 Å².